The molecule has 0 radical (unpaired) electrons. The number of methoxy groups -OCH3 is 1. The van der Waals surface area contributed by atoms with E-state index in [9.17, 15) is 14.0 Å². The number of hydrogen-bond acceptors (Lipinski definition) is 4. The number of nitrogens with one attached hydrogen (secondary N) is 2. The minimum Gasteiger partial charge on any atom is -0.495 e. The predicted molar refractivity (Wildman–Crippen MR) is 116 cm³/mol. The lowest BCUT2D eigenvalue weighted by Crippen LogP contribution is -2.42. The van der Waals surface area contributed by atoms with Crippen molar-refractivity contribution >= 4 is 35.6 Å². The molecule has 30 heavy (non-hydrogen) atoms. The van der Waals surface area contributed by atoms with Gasteiger partial charge in [0.05, 0.1) is 18.7 Å². The van der Waals surface area contributed by atoms with Gasteiger partial charge in [-0.05, 0) is 67.5 Å². The second kappa shape index (κ2) is 9.02. The molecule has 2 aliphatic carbocycles. The molecule has 4 atom stereocenters. The average molecular weight is 434 g/mol. The van der Waals surface area contributed by atoms with E-state index in [1.54, 1.807) is 18.2 Å². The number of halogens is 2. The minimum absolute atomic E-state index is 0. The summed E-state index contributed by atoms with van der Waals surface area (Å²) in [5.74, 6) is -0.00907. The van der Waals surface area contributed by atoms with Crippen molar-refractivity contribution in [1.82, 2.24) is 0 Å². The van der Waals surface area contributed by atoms with Gasteiger partial charge in [0.15, 0.2) is 0 Å². The van der Waals surface area contributed by atoms with Crippen LogP contribution in [0.5, 0.6) is 5.75 Å². The van der Waals surface area contributed by atoms with E-state index in [4.69, 9.17) is 10.5 Å². The van der Waals surface area contributed by atoms with Crippen molar-refractivity contribution in [3.8, 4) is 5.75 Å². The molecule has 2 aliphatic rings. The Balaban J connectivity index is 0.00000256. The molecule has 160 valence electrons. The molecule has 4 N–H and O–H groups in total. The van der Waals surface area contributed by atoms with Crippen LogP contribution in [0.25, 0.3) is 0 Å². The summed E-state index contributed by atoms with van der Waals surface area (Å²) >= 11 is 0. The van der Waals surface area contributed by atoms with Crippen LogP contribution in [0.1, 0.15) is 29.6 Å². The fraction of sp³-hybridized carbons (Fsp3) is 0.364. The number of ether oxygens (including phenoxy) is 1. The summed E-state index contributed by atoms with van der Waals surface area (Å²) in [6.45, 7) is 0. The van der Waals surface area contributed by atoms with Crippen LogP contribution in [-0.4, -0.2) is 25.0 Å². The summed E-state index contributed by atoms with van der Waals surface area (Å²) in [6.07, 6.45) is 3.18. The fourth-order valence-corrected chi connectivity index (χ4v) is 4.66. The maximum Gasteiger partial charge on any atom is 0.255 e. The lowest BCUT2D eigenvalue weighted by molar-refractivity contribution is -0.121. The molecule has 2 saturated carbocycles. The molecule has 2 bridgehead atoms. The Morgan fingerprint density at radius 2 is 1.87 bits per heavy atom. The van der Waals surface area contributed by atoms with E-state index in [1.807, 2.05) is 0 Å². The second-order valence-corrected chi connectivity index (χ2v) is 7.81. The van der Waals surface area contributed by atoms with Gasteiger partial charge in [0.1, 0.15) is 11.6 Å². The lowest BCUT2D eigenvalue weighted by atomic mass is 9.84. The second-order valence-electron chi connectivity index (χ2n) is 7.81. The van der Waals surface area contributed by atoms with Gasteiger partial charge in [-0.3, -0.25) is 9.59 Å². The topological polar surface area (TPSA) is 93.4 Å². The minimum atomic E-state index is -0.493. The van der Waals surface area contributed by atoms with Crippen LogP contribution in [0.15, 0.2) is 42.5 Å². The molecule has 2 aromatic rings. The number of anilines is 2. The molecule has 2 amide bonds. The summed E-state index contributed by atoms with van der Waals surface area (Å²) in [5.41, 5.74) is 7.39. The number of carbonyl (C=O) groups excluding carboxylic acids is 2. The molecule has 4 unspecified atom stereocenters. The summed E-state index contributed by atoms with van der Waals surface area (Å²) in [6, 6.07) is 10.3. The van der Waals surface area contributed by atoms with Gasteiger partial charge in [-0.25, -0.2) is 4.39 Å². The van der Waals surface area contributed by atoms with Gasteiger partial charge in [0.25, 0.3) is 5.91 Å². The van der Waals surface area contributed by atoms with Gasteiger partial charge in [0, 0.05) is 17.3 Å². The quantitative estimate of drug-likeness (QED) is 0.668. The maximum atomic E-state index is 13.4. The predicted octanol–water partition coefficient (Wildman–Crippen LogP) is 3.82. The fourth-order valence-electron chi connectivity index (χ4n) is 4.66. The number of rotatable bonds is 5. The first-order valence-electron chi connectivity index (χ1n) is 9.77. The Morgan fingerprint density at radius 3 is 2.53 bits per heavy atom. The van der Waals surface area contributed by atoms with Crippen molar-refractivity contribution in [1.29, 1.82) is 0 Å². The van der Waals surface area contributed by atoms with Crippen LogP contribution >= 0.6 is 12.4 Å². The Bertz CT molecular complexity index is 953. The molecule has 2 aromatic carbocycles. The third-order valence-electron chi connectivity index (χ3n) is 6.09. The van der Waals surface area contributed by atoms with E-state index < -0.39 is 11.7 Å². The van der Waals surface area contributed by atoms with Crippen LogP contribution in [0, 0.1) is 23.6 Å². The standard InChI is InChI=1S/C22H24FN3O3.ClH/c1-29-18-8-7-16(25-22(28)19-12-5-6-13(9-12)20(19)24)11-17(18)26-21(27)14-3-2-4-15(23)10-14;/h2-4,7-8,10-13,19-20H,5-6,9,24H2,1H3,(H,25,28)(H,26,27);1H. The molecule has 0 saturated heterocycles. The Hall–Kier alpha value is -2.64. The van der Waals surface area contributed by atoms with Gasteiger partial charge < -0.3 is 21.1 Å². The number of nitrogens with two attached hydrogens (primary N) is 1. The molecule has 0 aliphatic heterocycles. The highest BCUT2D eigenvalue weighted by atomic mass is 35.5. The van der Waals surface area contributed by atoms with Gasteiger partial charge in [-0.1, -0.05) is 6.07 Å². The molecule has 8 heteroatoms. The smallest absolute Gasteiger partial charge is 0.255 e. The molecule has 0 spiro atoms. The average Bonchev–Trinajstić information content (AvgIpc) is 3.29. The third-order valence-corrected chi connectivity index (χ3v) is 6.09. The molecule has 0 aromatic heterocycles. The van der Waals surface area contributed by atoms with Crippen molar-refractivity contribution in [3.05, 3.63) is 53.8 Å². The number of fused-ring (bicyclic) bond motifs is 2. The Labute approximate surface area is 180 Å². The Morgan fingerprint density at radius 1 is 1.10 bits per heavy atom. The molecular weight excluding hydrogens is 409 g/mol. The zero-order chi connectivity index (χ0) is 20.5. The van der Waals surface area contributed by atoms with Crippen molar-refractivity contribution in [2.45, 2.75) is 25.3 Å². The first-order valence-corrected chi connectivity index (χ1v) is 9.77. The van der Waals surface area contributed by atoms with Crippen LogP contribution in [0.2, 0.25) is 0 Å². The lowest BCUT2D eigenvalue weighted by Gasteiger charge is -2.27. The molecule has 2 fully saturated rings. The van der Waals surface area contributed by atoms with Crippen molar-refractivity contribution in [3.63, 3.8) is 0 Å². The number of amides is 2. The third kappa shape index (κ3) is 4.27. The molecular formula is C22H25ClFN3O3. The van der Waals surface area contributed by atoms with Crippen LogP contribution in [0.3, 0.4) is 0 Å². The summed E-state index contributed by atoms with van der Waals surface area (Å²) < 4.78 is 18.7. The van der Waals surface area contributed by atoms with Gasteiger partial charge in [0.2, 0.25) is 5.91 Å². The van der Waals surface area contributed by atoms with E-state index in [0.717, 1.165) is 25.3 Å². The van der Waals surface area contributed by atoms with Crippen molar-refractivity contribution in [2.75, 3.05) is 17.7 Å². The van der Waals surface area contributed by atoms with Crippen molar-refractivity contribution in [2.24, 2.45) is 23.5 Å². The van der Waals surface area contributed by atoms with Crippen LogP contribution in [-0.2, 0) is 4.79 Å². The van der Waals surface area contributed by atoms with E-state index in [-0.39, 0.29) is 35.8 Å². The highest BCUT2D eigenvalue weighted by Gasteiger charge is 2.49. The zero-order valence-corrected chi connectivity index (χ0v) is 17.4. The van der Waals surface area contributed by atoms with E-state index in [2.05, 4.69) is 10.6 Å². The summed E-state index contributed by atoms with van der Waals surface area (Å²) in [7, 11) is 1.49. The first-order chi connectivity index (χ1) is 14.0. The van der Waals surface area contributed by atoms with Gasteiger partial charge >= 0.3 is 0 Å². The van der Waals surface area contributed by atoms with Crippen molar-refractivity contribution < 1.29 is 18.7 Å². The van der Waals surface area contributed by atoms with Crippen LogP contribution < -0.4 is 21.1 Å². The Kier molecular flexibility index (Phi) is 6.63. The van der Waals surface area contributed by atoms with Gasteiger partial charge in [-0.2, -0.15) is 0 Å². The normalized spacial score (nSPS) is 24.1. The maximum absolute atomic E-state index is 13.4. The van der Waals surface area contributed by atoms with Crippen LogP contribution in [0.4, 0.5) is 15.8 Å². The highest BCUT2D eigenvalue weighted by molar-refractivity contribution is 6.05. The number of carbonyl (C=O) groups is 2. The zero-order valence-electron chi connectivity index (χ0n) is 16.6. The number of hydrogen-bond donors (Lipinski definition) is 3. The molecule has 4 rings (SSSR count). The SMILES string of the molecule is COc1ccc(NC(=O)C2C3CCC(C3)C2N)cc1NC(=O)c1cccc(F)c1.Cl. The van der Waals surface area contributed by atoms with E-state index in [1.165, 1.54) is 25.3 Å². The highest BCUT2D eigenvalue weighted by Crippen LogP contribution is 2.48. The summed E-state index contributed by atoms with van der Waals surface area (Å²) in [5, 5.41) is 5.64. The summed E-state index contributed by atoms with van der Waals surface area (Å²) in [4.78, 5) is 25.3. The van der Waals surface area contributed by atoms with Gasteiger partial charge in [-0.15, -0.1) is 12.4 Å². The molecule has 6 nitrogen and oxygen atoms in total. The van der Waals surface area contributed by atoms with E-state index in [0.29, 0.717) is 29.0 Å². The molecule has 0 heterocycles. The first kappa shape index (κ1) is 22.1. The largest absolute Gasteiger partial charge is 0.495 e. The van der Waals surface area contributed by atoms with E-state index >= 15 is 0 Å². The monoisotopic (exact) mass is 433 g/mol. The number of benzene rings is 2.